The Labute approximate surface area is 149 Å². The summed E-state index contributed by atoms with van der Waals surface area (Å²) in [7, 11) is 0. The van der Waals surface area contributed by atoms with E-state index in [0.29, 0.717) is 5.56 Å². The number of ether oxygens (including phenoxy) is 1. The van der Waals surface area contributed by atoms with Crippen molar-refractivity contribution in [3.05, 3.63) is 29.8 Å². The lowest BCUT2D eigenvalue weighted by molar-refractivity contribution is 0.0123. The first-order chi connectivity index (χ1) is 11.8. The number of aliphatic hydroxyl groups excluding tert-OH is 2. The zero-order valence-electron chi connectivity index (χ0n) is 15.4. The van der Waals surface area contributed by atoms with Crippen LogP contribution in [0.25, 0.3) is 0 Å². The van der Waals surface area contributed by atoms with Gasteiger partial charge in [0.1, 0.15) is 11.7 Å². The Bertz CT molecular complexity index is 565. The number of aliphatic hydroxyl groups is 2. The molecular formula is C19H30N2O4. The molecule has 6 nitrogen and oxygen atoms in total. The number of benzene rings is 1. The molecule has 140 valence electrons. The Morgan fingerprint density at radius 3 is 2.60 bits per heavy atom. The second-order valence-corrected chi connectivity index (χ2v) is 7.52. The van der Waals surface area contributed by atoms with Gasteiger partial charge in [-0.15, -0.1) is 0 Å². The molecule has 0 saturated carbocycles. The van der Waals surface area contributed by atoms with Crippen LogP contribution >= 0.6 is 0 Å². The van der Waals surface area contributed by atoms with Gasteiger partial charge >= 0.3 is 6.09 Å². The zero-order chi connectivity index (χ0) is 18.4. The van der Waals surface area contributed by atoms with Crippen LogP contribution in [0.1, 0.15) is 51.7 Å². The van der Waals surface area contributed by atoms with Gasteiger partial charge in [0.2, 0.25) is 0 Å². The van der Waals surface area contributed by atoms with E-state index < -0.39 is 23.9 Å². The fourth-order valence-corrected chi connectivity index (χ4v) is 2.90. The molecule has 1 amide bonds. The predicted octanol–water partition coefficient (Wildman–Crippen LogP) is 2.60. The average molecular weight is 350 g/mol. The second-order valence-electron chi connectivity index (χ2n) is 7.52. The minimum Gasteiger partial charge on any atom is -0.444 e. The number of anilines is 1. The molecule has 1 heterocycles. The van der Waals surface area contributed by atoms with E-state index in [4.69, 9.17) is 4.74 Å². The van der Waals surface area contributed by atoms with Crippen LogP contribution in [0, 0.1) is 0 Å². The van der Waals surface area contributed by atoms with Crippen LogP contribution in [-0.2, 0) is 4.74 Å². The number of rotatable bonds is 6. The molecular weight excluding hydrogens is 320 g/mol. The SMILES string of the molecule is CC(C)(C)OC(=O)NCCC(O)C(O)c1cccc(N2CCCC2)c1. The lowest BCUT2D eigenvalue weighted by Crippen LogP contribution is -2.34. The number of carbonyl (C=O) groups excluding carboxylic acids is 1. The lowest BCUT2D eigenvalue weighted by Gasteiger charge is -2.23. The van der Waals surface area contributed by atoms with Gasteiger partial charge in [-0.1, -0.05) is 12.1 Å². The fourth-order valence-electron chi connectivity index (χ4n) is 2.90. The number of nitrogens with zero attached hydrogens (tertiary/aromatic N) is 1. The minimum atomic E-state index is -0.983. The van der Waals surface area contributed by atoms with Crippen molar-refractivity contribution in [1.82, 2.24) is 5.32 Å². The van der Waals surface area contributed by atoms with Crippen LogP contribution < -0.4 is 10.2 Å². The molecule has 0 radical (unpaired) electrons. The Kier molecular flexibility index (Phi) is 6.67. The zero-order valence-corrected chi connectivity index (χ0v) is 15.4. The van der Waals surface area contributed by atoms with Crippen molar-refractivity contribution >= 4 is 11.8 Å². The molecule has 0 aliphatic carbocycles. The molecule has 1 saturated heterocycles. The minimum absolute atomic E-state index is 0.235. The smallest absolute Gasteiger partial charge is 0.407 e. The monoisotopic (exact) mass is 350 g/mol. The molecule has 25 heavy (non-hydrogen) atoms. The average Bonchev–Trinajstić information content (AvgIpc) is 3.07. The lowest BCUT2D eigenvalue weighted by atomic mass is 10.0. The molecule has 1 aliphatic heterocycles. The molecule has 0 bridgehead atoms. The van der Waals surface area contributed by atoms with Crippen LogP contribution in [0.5, 0.6) is 0 Å². The molecule has 0 aromatic heterocycles. The van der Waals surface area contributed by atoms with E-state index in [9.17, 15) is 15.0 Å². The van der Waals surface area contributed by atoms with Gasteiger partial charge < -0.3 is 25.2 Å². The van der Waals surface area contributed by atoms with E-state index in [1.165, 1.54) is 12.8 Å². The van der Waals surface area contributed by atoms with Gasteiger partial charge in [0.15, 0.2) is 0 Å². The molecule has 1 aromatic carbocycles. The van der Waals surface area contributed by atoms with E-state index in [-0.39, 0.29) is 13.0 Å². The van der Waals surface area contributed by atoms with Crippen molar-refractivity contribution in [2.45, 2.75) is 57.8 Å². The van der Waals surface area contributed by atoms with E-state index in [1.54, 1.807) is 20.8 Å². The van der Waals surface area contributed by atoms with E-state index in [1.807, 2.05) is 24.3 Å². The van der Waals surface area contributed by atoms with Gasteiger partial charge in [0.25, 0.3) is 0 Å². The van der Waals surface area contributed by atoms with Crippen molar-refractivity contribution in [3.8, 4) is 0 Å². The number of carbonyl (C=O) groups is 1. The molecule has 2 rings (SSSR count). The Hall–Kier alpha value is -1.79. The summed E-state index contributed by atoms with van der Waals surface area (Å²) in [4.78, 5) is 13.9. The number of hydrogen-bond donors (Lipinski definition) is 3. The normalized spacial score (nSPS) is 17.2. The predicted molar refractivity (Wildman–Crippen MR) is 97.7 cm³/mol. The molecule has 0 spiro atoms. The van der Waals surface area contributed by atoms with Crippen LogP contribution in [0.3, 0.4) is 0 Å². The molecule has 3 N–H and O–H groups in total. The summed E-state index contributed by atoms with van der Waals surface area (Å²) in [5.41, 5.74) is 1.21. The first-order valence-corrected chi connectivity index (χ1v) is 8.94. The highest BCUT2D eigenvalue weighted by Gasteiger charge is 2.21. The van der Waals surface area contributed by atoms with Crippen LogP contribution in [0.15, 0.2) is 24.3 Å². The van der Waals surface area contributed by atoms with Crippen molar-refractivity contribution in [2.24, 2.45) is 0 Å². The third-order valence-corrected chi connectivity index (χ3v) is 4.16. The molecule has 6 heteroatoms. The van der Waals surface area contributed by atoms with E-state index in [2.05, 4.69) is 10.2 Å². The largest absolute Gasteiger partial charge is 0.444 e. The van der Waals surface area contributed by atoms with Crippen molar-refractivity contribution in [3.63, 3.8) is 0 Å². The van der Waals surface area contributed by atoms with E-state index in [0.717, 1.165) is 18.8 Å². The standard InChI is InChI=1S/C19H30N2O4/c1-19(2,3)25-18(24)20-10-9-16(22)17(23)14-7-6-8-15(13-14)21-11-4-5-12-21/h6-8,13,16-17,22-23H,4-5,9-12H2,1-3H3,(H,20,24). The van der Waals surface area contributed by atoms with Gasteiger partial charge in [0, 0.05) is 25.3 Å². The fraction of sp³-hybridized carbons (Fsp3) is 0.632. The molecule has 2 unspecified atom stereocenters. The Balaban J connectivity index is 1.84. The summed E-state index contributed by atoms with van der Waals surface area (Å²) in [6.45, 7) is 7.67. The van der Waals surface area contributed by atoms with Crippen LogP contribution in [0.4, 0.5) is 10.5 Å². The molecule has 1 aromatic rings. The van der Waals surface area contributed by atoms with Gasteiger partial charge in [-0.3, -0.25) is 0 Å². The van der Waals surface area contributed by atoms with Crippen molar-refractivity contribution in [2.75, 3.05) is 24.5 Å². The third-order valence-electron chi connectivity index (χ3n) is 4.16. The Morgan fingerprint density at radius 1 is 1.28 bits per heavy atom. The highest BCUT2D eigenvalue weighted by molar-refractivity contribution is 5.67. The third kappa shape index (κ3) is 6.21. The summed E-state index contributed by atoms with van der Waals surface area (Å²) >= 11 is 0. The molecule has 1 aliphatic rings. The first kappa shape index (κ1) is 19.5. The van der Waals surface area contributed by atoms with Crippen molar-refractivity contribution < 1.29 is 19.7 Å². The summed E-state index contributed by atoms with van der Waals surface area (Å²) in [5.74, 6) is 0. The van der Waals surface area contributed by atoms with Crippen molar-refractivity contribution in [1.29, 1.82) is 0 Å². The number of nitrogens with one attached hydrogen (secondary N) is 1. The highest BCUT2D eigenvalue weighted by atomic mass is 16.6. The summed E-state index contributed by atoms with van der Waals surface area (Å²) in [5, 5.41) is 23.2. The maximum Gasteiger partial charge on any atom is 0.407 e. The first-order valence-electron chi connectivity index (χ1n) is 8.94. The molecule has 2 atom stereocenters. The second kappa shape index (κ2) is 8.54. The maximum atomic E-state index is 11.6. The number of hydrogen-bond acceptors (Lipinski definition) is 5. The molecule has 1 fully saturated rings. The van der Waals surface area contributed by atoms with E-state index >= 15 is 0 Å². The van der Waals surface area contributed by atoms with Gasteiger partial charge in [-0.25, -0.2) is 4.79 Å². The van der Waals surface area contributed by atoms with Gasteiger partial charge in [-0.05, 0) is 57.7 Å². The number of amides is 1. The van der Waals surface area contributed by atoms with Crippen LogP contribution in [-0.4, -0.2) is 47.6 Å². The van der Waals surface area contributed by atoms with Crippen LogP contribution in [0.2, 0.25) is 0 Å². The quantitative estimate of drug-likeness (QED) is 0.735. The van der Waals surface area contributed by atoms with Gasteiger partial charge in [-0.2, -0.15) is 0 Å². The van der Waals surface area contributed by atoms with Gasteiger partial charge in [0.05, 0.1) is 6.10 Å². The topological polar surface area (TPSA) is 82.0 Å². The summed E-state index contributed by atoms with van der Waals surface area (Å²) in [6.07, 6.45) is 0.156. The summed E-state index contributed by atoms with van der Waals surface area (Å²) in [6, 6.07) is 7.67. The maximum absolute atomic E-state index is 11.6. The summed E-state index contributed by atoms with van der Waals surface area (Å²) < 4.78 is 5.14. The Morgan fingerprint density at radius 2 is 1.96 bits per heavy atom. The highest BCUT2D eigenvalue weighted by Crippen LogP contribution is 2.26. The number of alkyl carbamates (subject to hydrolysis) is 1.